The second-order valence-electron chi connectivity index (χ2n) is 8.36. The highest BCUT2D eigenvalue weighted by molar-refractivity contribution is 7.10. The van der Waals surface area contributed by atoms with Crippen LogP contribution in [0.2, 0.25) is 0 Å². The molecular weight excluding hydrogens is 438 g/mol. The molecule has 2 aliphatic rings. The van der Waals surface area contributed by atoms with Crippen molar-refractivity contribution in [1.82, 2.24) is 25.0 Å². The van der Waals surface area contributed by atoms with Crippen LogP contribution in [0.1, 0.15) is 45.3 Å². The molecular formula is C24H27N5O3S. The Labute approximate surface area is 196 Å². The molecule has 0 unspecified atom stereocenters. The Kier molecular flexibility index (Phi) is 6.39. The van der Waals surface area contributed by atoms with Crippen molar-refractivity contribution < 1.29 is 14.3 Å². The molecule has 0 spiro atoms. The van der Waals surface area contributed by atoms with E-state index in [-0.39, 0.29) is 25.0 Å². The number of amides is 2. The standard InChI is InChI=1S/C24H27N5O3S/c30-23(15-32-17-6-2-1-3-7-17)25-14-22-27-26-21-10-11-28(12-13-29(21)22)24(31)19-16-33-20-9-5-4-8-18(19)20/h1-3,6-7,16H,4-5,8-15H2,(H,25,30). The molecule has 1 N–H and O–H groups in total. The van der Waals surface area contributed by atoms with Gasteiger partial charge >= 0.3 is 0 Å². The van der Waals surface area contributed by atoms with Crippen LogP contribution in [0.3, 0.4) is 0 Å². The smallest absolute Gasteiger partial charge is 0.258 e. The Morgan fingerprint density at radius 3 is 2.76 bits per heavy atom. The van der Waals surface area contributed by atoms with Gasteiger partial charge in [-0.1, -0.05) is 18.2 Å². The van der Waals surface area contributed by atoms with E-state index in [2.05, 4.69) is 15.5 Å². The fourth-order valence-electron chi connectivity index (χ4n) is 4.45. The number of nitrogens with one attached hydrogen (secondary N) is 1. The third kappa shape index (κ3) is 4.78. The van der Waals surface area contributed by atoms with Crippen molar-refractivity contribution >= 4 is 23.2 Å². The van der Waals surface area contributed by atoms with Crippen molar-refractivity contribution in [3.05, 3.63) is 63.4 Å². The van der Waals surface area contributed by atoms with Crippen LogP contribution in [0.15, 0.2) is 35.7 Å². The second-order valence-corrected chi connectivity index (χ2v) is 9.33. The molecule has 1 aliphatic heterocycles. The Balaban J connectivity index is 1.17. The number of aromatic nitrogens is 3. The maximum absolute atomic E-state index is 13.3. The topological polar surface area (TPSA) is 89.3 Å². The lowest BCUT2D eigenvalue weighted by molar-refractivity contribution is -0.123. The minimum Gasteiger partial charge on any atom is -0.484 e. The molecule has 2 aromatic heterocycles. The average molecular weight is 466 g/mol. The molecule has 3 heterocycles. The van der Waals surface area contributed by atoms with Gasteiger partial charge in [-0.05, 0) is 43.4 Å². The number of thiophene rings is 1. The zero-order valence-electron chi connectivity index (χ0n) is 18.5. The summed E-state index contributed by atoms with van der Waals surface area (Å²) in [4.78, 5) is 28.8. The minimum atomic E-state index is -0.219. The maximum Gasteiger partial charge on any atom is 0.258 e. The van der Waals surface area contributed by atoms with Crippen molar-refractivity contribution in [1.29, 1.82) is 0 Å². The van der Waals surface area contributed by atoms with Gasteiger partial charge in [0, 0.05) is 36.3 Å². The molecule has 3 aromatic rings. The number of aryl methyl sites for hydroxylation is 1. The third-order valence-electron chi connectivity index (χ3n) is 6.24. The molecule has 0 saturated carbocycles. The zero-order valence-corrected chi connectivity index (χ0v) is 19.3. The Morgan fingerprint density at radius 2 is 1.88 bits per heavy atom. The lowest BCUT2D eigenvalue weighted by Crippen LogP contribution is -2.34. The van der Waals surface area contributed by atoms with E-state index in [0.29, 0.717) is 37.6 Å². The van der Waals surface area contributed by atoms with Gasteiger partial charge in [-0.15, -0.1) is 21.5 Å². The van der Waals surface area contributed by atoms with Crippen LogP contribution >= 0.6 is 11.3 Å². The molecule has 5 rings (SSSR count). The first kappa shape index (κ1) is 21.6. The highest BCUT2D eigenvalue weighted by atomic mass is 32.1. The van der Waals surface area contributed by atoms with E-state index < -0.39 is 0 Å². The summed E-state index contributed by atoms with van der Waals surface area (Å²) in [5.41, 5.74) is 2.15. The summed E-state index contributed by atoms with van der Waals surface area (Å²) in [6.07, 6.45) is 5.14. The van der Waals surface area contributed by atoms with Gasteiger partial charge in [-0.2, -0.15) is 0 Å². The first-order valence-corrected chi connectivity index (χ1v) is 12.3. The van der Waals surface area contributed by atoms with Gasteiger partial charge < -0.3 is 19.5 Å². The highest BCUT2D eigenvalue weighted by Gasteiger charge is 2.26. The summed E-state index contributed by atoms with van der Waals surface area (Å²) in [5, 5.41) is 13.5. The number of rotatable bonds is 6. The number of hydrogen-bond donors (Lipinski definition) is 1. The van der Waals surface area contributed by atoms with Gasteiger partial charge in [0.25, 0.3) is 11.8 Å². The molecule has 9 heteroatoms. The van der Waals surface area contributed by atoms with Gasteiger partial charge in [0.2, 0.25) is 0 Å². The monoisotopic (exact) mass is 465 g/mol. The number of carbonyl (C=O) groups excluding carboxylic acids is 2. The van der Waals surface area contributed by atoms with Gasteiger partial charge in [-0.3, -0.25) is 9.59 Å². The van der Waals surface area contributed by atoms with Gasteiger partial charge in [0.05, 0.1) is 12.1 Å². The normalized spacial score (nSPS) is 15.3. The number of fused-ring (bicyclic) bond motifs is 2. The van der Waals surface area contributed by atoms with Crippen LogP contribution in [0.4, 0.5) is 0 Å². The number of para-hydroxylation sites is 1. The summed E-state index contributed by atoms with van der Waals surface area (Å²) >= 11 is 1.73. The second kappa shape index (κ2) is 9.74. The molecule has 0 fully saturated rings. The van der Waals surface area contributed by atoms with Gasteiger partial charge in [0.15, 0.2) is 12.4 Å². The van der Waals surface area contributed by atoms with Crippen LogP contribution in [0.25, 0.3) is 0 Å². The SMILES string of the molecule is O=C(COc1ccccc1)NCc1nnc2n1CCN(C(=O)c1csc3c1CCCC3)CC2. The first-order chi connectivity index (χ1) is 16.2. The van der Waals surface area contributed by atoms with Crippen molar-refractivity contribution in [3.8, 4) is 5.75 Å². The molecule has 33 heavy (non-hydrogen) atoms. The van der Waals surface area contributed by atoms with E-state index in [0.717, 1.165) is 30.7 Å². The molecule has 2 amide bonds. The molecule has 172 valence electrons. The quantitative estimate of drug-likeness (QED) is 0.605. The fourth-order valence-corrected chi connectivity index (χ4v) is 5.57. The molecule has 1 aromatic carbocycles. The van der Waals surface area contributed by atoms with E-state index in [4.69, 9.17) is 4.74 Å². The van der Waals surface area contributed by atoms with Crippen molar-refractivity contribution in [2.45, 2.75) is 45.2 Å². The summed E-state index contributed by atoms with van der Waals surface area (Å²) in [7, 11) is 0. The lowest BCUT2D eigenvalue weighted by Gasteiger charge is -2.21. The largest absolute Gasteiger partial charge is 0.484 e. The van der Waals surface area contributed by atoms with Crippen molar-refractivity contribution in [2.75, 3.05) is 19.7 Å². The van der Waals surface area contributed by atoms with E-state index in [1.165, 1.54) is 16.9 Å². The average Bonchev–Trinajstić information content (AvgIpc) is 3.39. The predicted molar refractivity (Wildman–Crippen MR) is 124 cm³/mol. The third-order valence-corrected chi connectivity index (χ3v) is 7.33. The van der Waals surface area contributed by atoms with E-state index >= 15 is 0 Å². The summed E-state index contributed by atoms with van der Waals surface area (Å²) in [5.74, 6) is 2.10. The number of nitrogens with zero attached hydrogens (tertiary/aromatic N) is 4. The summed E-state index contributed by atoms with van der Waals surface area (Å²) < 4.78 is 7.51. The van der Waals surface area contributed by atoms with Crippen LogP contribution in [-0.4, -0.2) is 51.2 Å². The van der Waals surface area contributed by atoms with Gasteiger partial charge in [-0.25, -0.2) is 0 Å². The molecule has 1 aliphatic carbocycles. The number of carbonyl (C=O) groups is 2. The molecule has 0 bridgehead atoms. The number of hydrogen-bond acceptors (Lipinski definition) is 6. The van der Waals surface area contributed by atoms with E-state index in [1.54, 1.807) is 11.3 Å². The lowest BCUT2D eigenvalue weighted by atomic mass is 9.95. The zero-order chi connectivity index (χ0) is 22.6. The first-order valence-electron chi connectivity index (χ1n) is 11.4. The summed E-state index contributed by atoms with van der Waals surface area (Å²) in [6, 6.07) is 9.24. The molecule has 8 nitrogen and oxygen atoms in total. The molecule has 0 atom stereocenters. The number of benzene rings is 1. The van der Waals surface area contributed by atoms with Crippen molar-refractivity contribution in [2.24, 2.45) is 0 Å². The van der Waals surface area contributed by atoms with Crippen LogP contribution in [0.5, 0.6) is 5.75 Å². The van der Waals surface area contributed by atoms with Crippen molar-refractivity contribution in [3.63, 3.8) is 0 Å². The summed E-state index contributed by atoms with van der Waals surface area (Å²) in [6.45, 7) is 2.06. The Morgan fingerprint density at radius 1 is 1.03 bits per heavy atom. The van der Waals surface area contributed by atoms with E-state index in [9.17, 15) is 9.59 Å². The van der Waals surface area contributed by atoms with E-state index in [1.807, 2.05) is 45.2 Å². The Hall–Kier alpha value is -3.20. The number of ether oxygens (including phenoxy) is 1. The maximum atomic E-state index is 13.3. The molecule has 0 radical (unpaired) electrons. The fraction of sp³-hybridized carbons (Fsp3) is 0.417. The molecule has 0 saturated heterocycles. The Bertz CT molecular complexity index is 1140. The predicted octanol–water partition coefficient (Wildman–Crippen LogP) is 2.61. The van der Waals surface area contributed by atoms with Gasteiger partial charge in [0.1, 0.15) is 11.6 Å². The highest BCUT2D eigenvalue weighted by Crippen LogP contribution is 2.31. The van der Waals surface area contributed by atoms with Crippen LogP contribution in [-0.2, 0) is 37.1 Å². The minimum absolute atomic E-state index is 0.0573. The van der Waals surface area contributed by atoms with Crippen LogP contribution < -0.4 is 10.1 Å². The van der Waals surface area contributed by atoms with Crippen LogP contribution in [0, 0.1) is 0 Å².